The molecule has 5 nitrogen and oxygen atoms in total. The Balaban J connectivity index is 1.87. The van der Waals surface area contributed by atoms with Crippen molar-refractivity contribution in [1.82, 2.24) is 10.1 Å². The van der Waals surface area contributed by atoms with Crippen LogP contribution in [0.25, 0.3) is 11.5 Å². The molecule has 0 aliphatic carbocycles. The molecule has 0 atom stereocenters. The van der Waals surface area contributed by atoms with Crippen molar-refractivity contribution in [3.8, 4) is 17.2 Å². The molecule has 0 bridgehead atoms. The van der Waals surface area contributed by atoms with Crippen LogP contribution >= 0.6 is 0 Å². The number of phenolic OH excluding ortho intramolecular Hbond substituents is 1. The Morgan fingerprint density at radius 3 is 2.72 bits per heavy atom. The quantitative estimate of drug-likeness (QED) is 0.880. The van der Waals surface area contributed by atoms with Gasteiger partial charge in [-0.25, -0.2) is 0 Å². The minimum absolute atomic E-state index is 0.152. The highest BCUT2D eigenvalue weighted by Crippen LogP contribution is 2.30. The number of para-hydroxylation sites is 1. The van der Waals surface area contributed by atoms with E-state index in [2.05, 4.69) is 10.1 Å². The number of hydrogen-bond donors (Lipinski definition) is 1. The van der Waals surface area contributed by atoms with E-state index in [1.54, 1.807) is 18.2 Å². The monoisotopic (exact) mass is 246 g/mol. The van der Waals surface area contributed by atoms with E-state index in [-0.39, 0.29) is 5.75 Å². The second-order valence-corrected chi connectivity index (χ2v) is 4.36. The Bertz CT molecular complexity index is 533. The molecule has 2 heterocycles. The van der Waals surface area contributed by atoms with Crippen molar-refractivity contribution in [2.24, 2.45) is 0 Å². The zero-order valence-electron chi connectivity index (χ0n) is 9.87. The smallest absolute Gasteiger partial charge is 0.261 e. The van der Waals surface area contributed by atoms with Crippen molar-refractivity contribution in [1.29, 1.82) is 0 Å². The molecule has 1 aromatic carbocycles. The summed E-state index contributed by atoms with van der Waals surface area (Å²) in [6.45, 7) is 1.48. The summed E-state index contributed by atoms with van der Waals surface area (Å²) in [4.78, 5) is 4.37. The van der Waals surface area contributed by atoms with E-state index < -0.39 is 0 Å². The third kappa shape index (κ3) is 2.09. The molecule has 18 heavy (non-hydrogen) atoms. The van der Waals surface area contributed by atoms with Crippen LogP contribution in [0.5, 0.6) is 5.75 Å². The number of aromatic hydroxyl groups is 1. The van der Waals surface area contributed by atoms with Crippen molar-refractivity contribution in [2.75, 3.05) is 13.2 Å². The summed E-state index contributed by atoms with van der Waals surface area (Å²) in [7, 11) is 0. The summed E-state index contributed by atoms with van der Waals surface area (Å²) in [5.41, 5.74) is 0.573. The second kappa shape index (κ2) is 4.78. The zero-order chi connectivity index (χ0) is 12.4. The number of phenols is 1. The van der Waals surface area contributed by atoms with Gasteiger partial charge in [0.15, 0.2) is 5.82 Å². The molecule has 0 spiro atoms. The van der Waals surface area contributed by atoms with Crippen molar-refractivity contribution >= 4 is 0 Å². The number of nitrogens with zero attached hydrogens (tertiary/aromatic N) is 2. The molecule has 5 heteroatoms. The molecule has 3 rings (SSSR count). The van der Waals surface area contributed by atoms with Gasteiger partial charge < -0.3 is 14.4 Å². The molecule has 2 aromatic rings. The third-order valence-electron chi connectivity index (χ3n) is 3.16. The summed E-state index contributed by atoms with van der Waals surface area (Å²) in [6, 6.07) is 6.95. The first-order chi connectivity index (χ1) is 8.84. The van der Waals surface area contributed by atoms with E-state index in [1.165, 1.54) is 0 Å². The Kier molecular flexibility index (Phi) is 2.98. The van der Waals surface area contributed by atoms with Crippen LogP contribution in [-0.4, -0.2) is 28.5 Å². The molecule has 0 unspecified atom stereocenters. The van der Waals surface area contributed by atoms with Crippen molar-refractivity contribution < 1.29 is 14.4 Å². The minimum atomic E-state index is 0.152. The van der Waals surface area contributed by atoms with Gasteiger partial charge in [0.2, 0.25) is 0 Å². The first kappa shape index (κ1) is 11.2. The average Bonchev–Trinajstić information content (AvgIpc) is 2.90. The molecule has 1 aromatic heterocycles. The van der Waals surface area contributed by atoms with E-state index in [1.807, 2.05) is 6.07 Å². The van der Waals surface area contributed by atoms with Gasteiger partial charge in [-0.15, -0.1) is 0 Å². The molecule has 94 valence electrons. The van der Waals surface area contributed by atoms with Gasteiger partial charge in [-0.1, -0.05) is 17.3 Å². The average molecular weight is 246 g/mol. The number of aromatic nitrogens is 2. The lowest BCUT2D eigenvalue weighted by Gasteiger charge is -2.18. The molecule has 1 aliphatic heterocycles. The van der Waals surface area contributed by atoms with Crippen LogP contribution in [-0.2, 0) is 4.74 Å². The standard InChI is InChI=1S/C13H14N2O3/c16-11-4-2-1-3-10(11)13-14-12(15-18-13)9-5-7-17-8-6-9/h1-4,9,16H,5-8H2. The Hall–Kier alpha value is -1.88. The summed E-state index contributed by atoms with van der Waals surface area (Å²) >= 11 is 0. The predicted octanol–water partition coefficient (Wildman–Crippen LogP) is 2.34. The first-order valence-corrected chi connectivity index (χ1v) is 6.04. The van der Waals surface area contributed by atoms with E-state index in [9.17, 15) is 5.11 Å². The van der Waals surface area contributed by atoms with Gasteiger partial charge >= 0.3 is 0 Å². The molecule has 1 saturated heterocycles. The van der Waals surface area contributed by atoms with Crippen molar-refractivity contribution in [2.45, 2.75) is 18.8 Å². The second-order valence-electron chi connectivity index (χ2n) is 4.36. The number of benzene rings is 1. The van der Waals surface area contributed by atoms with E-state index in [0.29, 0.717) is 23.2 Å². The van der Waals surface area contributed by atoms with E-state index in [4.69, 9.17) is 9.26 Å². The summed E-state index contributed by atoms with van der Waals surface area (Å²) in [5.74, 6) is 1.52. The SMILES string of the molecule is Oc1ccccc1-c1nc(C2CCOCC2)no1. The van der Waals surface area contributed by atoms with E-state index >= 15 is 0 Å². The number of rotatable bonds is 2. The lowest BCUT2D eigenvalue weighted by Crippen LogP contribution is -2.15. The van der Waals surface area contributed by atoms with Gasteiger partial charge in [0, 0.05) is 19.1 Å². The minimum Gasteiger partial charge on any atom is -0.507 e. The molecule has 0 amide bonds. The van der Waals surface area contributed by atoms with Crippen LogP contribution in [0.1, 0.15) is 24.6 Å². The fraction of sp³-hybridized carbons (Fsp3) is 0.385. The van der Waals surface area contributed by atoms with Crippen LogP contribution in [0.3, 0.4) is 0 Å². The maximum atomic E-state index is 9.74. The summed E-state index contributed by atoms with van der Waals surface area (Å²) < 4.78 is 10.5. The molecule has 0 radical (unpaired) electrons. The Morgan fingerprint density at radius 2 is 1.94 bits per heavy atom. The number of ether oxygens (including phenoxy) is 1. The Labute approximate surface area is 104 Å². The van der Waals surface area contributed by atoms with Gasteiger partial charge in [0.05, 0.1) is 5.56 Å². The summed E-state index contributed by atoms with van der Waals surface area (Å²) in [5, 5.41) is 13.7. The number of hydrogen-bond acceptors (Lipinski definition) is 5. The lowest BCUT2D eigenvalue weighted by molar-refractivity contribution is 0.0830. The molecule has 1 fully saturated rings. The largest absolute Gasteiger partial charge is 0.507 e. The van der Waals surface area contributed by atoms with Crippen LogP contribution in [0.15, 0.2) is 28.8 Å². The van der Waals surface area contributed by atoms with Crippen LogP contribution in [0, 0.1) is 0 Å². The van der Waals surface area contributed by atoms with Gasteiger partial charge in [-0.2, -0.15) is 4.98 Å². The third-order valence-corrected chi connectivity index (χ3v) is 3.16. The Morgan fingerprint density at radius 1 is 1.17 bits per heavy atom. The molecule has 0 saturated carbocycles. The maximum Gasteiger partial charge on any atom is 0.261 e. The van der Waals surface area contributed by atoms with Gasteiger partial charge in [-0.05, 0) is 25.0 Å². The zero-order valence-corrected chi connectivity index (χ0v) is 9.87. The topological polar surface area (TPSA) is 68.4 Å². The van der Waals surface area contributed by atoms with Crippen molar-refractivity contribution in [3.05, 3.63) is 30.1 Å². The highest BCUT2D eigenvalue weighted by molar-refractivity contribution is 5.61. The van der Waals surface area contributed by atoms with Crippen LogP contribution in [0.4, 0.5) is 0 Å². The summed E-state index contributed by atoms with van der Waals surface area (Å²) in [6.07, 6.45) is 1.83. The first-order valence-electron chi connectivity index (χ1n) is 6.04. The normalized spacial score (nSPS) is 16.9. The highest BCUT2D eigenvalue weighted by atomic mass is 16.5. The van der Waals surface area contributed by atoms with Crippen LogP contribution < -0.4 is 0 Å². The molecule has 1 N–H and O–H groups in total. The molecule has 1 aliphatic rings. The fourth-order valence-electron chi connectivity index (χ4n) is 2.12. The highest BCUT2D eigenvalue weighted by Gasteiger charge is 2.22. The molecular formula is C13H14N2O3. The van der Waals surface area contributed by atoms with E-state index in [0.717, 1.165) is 26.1 Å². The predicted molar refractivity (Wildman–Crippen MR) is 64.2 cm³/mol. The fourth-order valence-corrected chi connectivity index (χ4v) is 2.12. The van der Waals surface area contributed by atoms with Gasteiger partial charge in [0.25, 0.3) is 5.89 Å². The van der Waals surface area contributed by atoms with Crippen molar-refractivity contribution in [3.63, 3.8) is 0 Å². The van der Waals surface area contributed by atoms with Gasteiger partial charge in [0.1, 0.15) is 5.75 Å². The lowest BCUT2D eigenvalue weighted by atomic mass is 10.00. The maximum absolute atomic E-state index is 9.74. The molecular weight excluding hydrogens is 232 g/mol. The van der Waals surface area contributed by atoms with Crippen LogP contribution in [0.2, 0.25) is 0 Å². The van der Waals surface area contributed by atoms with Gasteiger partial charge in [-0.3, -0.25) is 0 Å².